The van der Waals surface area contributed by atoms with Crippen LogP contribution in [0.2, 0.25) is 0 Å². The number of thioether (sulfide) groups is 1. The number of nitrogens with one attached hydrogen (secondary N) is 1. The first-order chi connectivity index (χ1) is 7.69. The lowest BCUT2D eigenvalue weighted by Crippen LogP contribution is -2.37. The van der Waals surface area contributed by atoms with E-state index in [9.17, 15) is 5.11 Å². The molecular weight excluding hydrogens is 218 g/mol. The fourth-order valence-electron chi connectivity index (χ4n) is 1.65. The van der Waals surface area contributed by atoms with Crippen LogP contribution in [-0.4, -0.2) is 29.3 Å². The topological polar surface area (TPSA) is 32.3 Å². The summed E-state index contributed by atoms with van der Waals surface area (Å²) in [5.41, 5.74) is 2.64. The Morgan fingerprint density at radius 2 is 2.06 bits per heavy atom. The summed E-state index contributed by atoms with van der Waals surface area (Å²) >= 11 is 1.70. The van der Waals surface area contributed by atoms with Crippen LogP contribution in [0, 0.1) is 6.92 Å². The van der Waals surface area contributed by atoms with E-state index in [1.165, 1.54) is 11.1 Å². The second-order valence-electron chi connectivity index (χ2n) is 4.05. The largest absolute Gasteiger partial charge is 0.395 e. The summed E-state index contributed by atoms with van der Waals surface area (Å²) in [7, 11) is 0. The van der Waals surface area contributed by atoms with Crippen LogP contribution >= 0.6 is 11.8 Å². The third kappa shape index (κ3) is 3.81. The SMILES string of the molecule is CSC(CO)C(C)NCc1ccccc1C. The third-order valence-corrected chi connectivity index (χ3v) is 4.08. The number of aryl methyl sites for hydroxylation is 1. The molecule has 16 heavy (non-hydrogen) atoms. The summed E-state index contributed by atoms with van der Waals surface area (Å²) in [5.74, 6) is 0. The second-order valence-corrected chi connectivity index (χ2v) is 5.13. The van der Waals surface area contributed by atoms with Gasteiger partial charge in [-0.25, -0.2) is 0 Å². The molecule has 2 unspecified atom stereocenters. The fraction of sp³-hybridized carbons (Fsp3) is 0.538. The molecule has 0 fully saturated rings. The maximum absolute atomic E-state index is 9.19. The Morgan fingerprint density at radius 3 is 2.62 bits per heavy atom. The molecule has 0 saturated heterocycles. The summed E-state index contributed by atoms with van der Waals surface area (Å²) in [6.45, 7) is 5.34. The van der Waals surface area contributed by atoms with Crippen LogP contribution in [0.4, 0.5) is 0 Å². The van der Waals surface area contributed by atoms with Crippen LogP contribution in [0.3, 0.4) is 0 Å². The Balaban J connectivity index is 2.48. The van der Waals surface area contributed by atoms with Crippen LogP contribution in [0.1, 0.15) is 18.1 Å². The van der Waals surface area contributed by atoms with E-state index >= 15 is 0 Å². The molecule has 2 N–H and O–H groups in total. The van der Waals surface area contributed by atoms with E-state index in [0.29, 0.717) is 6.04 Å². The van der Waals surface area contributed by atoms with E-state index in [2.05, 4.69) is 43.4 Å². The van der Waals surface area contributed by atoms with Crippen molar-refractivity contribution in [3.8, 4) is 0 Å². The van der Waals surface area contributed by atoms with E-state index in [1.54, 1.807) is 11.8 Å². The van der Waals surface area contributed by atoms with Gasteiger partial charge in [0.1, 0.15) is 0 Å². The monoisotopic (exact) mass is 239 g/mol. The fourth-order valence-corrected chi connectivity index (χ4v) is 2.30. The lowest BCUT2D eigenvalue weighted by molar-refractivity contribution is 0.276. The maximum Gasteiger partial charge on any atom is 0.0564 e. The summed E-state index contributed by atoms with van der Waals surface area (Å²) < 4.78 is 0. The molecular formula is C13H21NOS. The normalized spacial score (nSPS) is 14.8. The van der Waals surface area contributed by atoms with Crippen molar-refractivity contribution in [3.05, 3.63) is 35.4 Å². The highest BCUT2D eigenvalue weighted by Crippen LogP contribution is 2.12. The van der Waals surface area contributed by atoms with Gasteiger partial charge in [-0.1, -0.05) is 24.3 Å². The van der Waals surface area contributed by atoms with Crippen molar-refractivity contribution < 1.29 is 5.11 Å². The molecule has 1 rings (SSSR count). The zero-order chi connectivity index (χ0) is 12.0. The molecule has 0 aliphatic rings. The van der Waals surface area contributed by atoms with Gasteiger partial charge in [0.05, 0.1) is 6.61 Å². The van der Waals surface area contributed by atoms with E-state index in [-0.39, 0.29) is 11.9 Å². The molecule has 1 aromatic carbocycles. The maximum atomic E-state index is 9.19. The van der Waals surface area contributed by atoms with E-state index in [4.69, 9.17) is 0 Å². The molecule has 0 aliphatic heterocycles. The molecule has 0 heterocycles. The molecule has 1 aromatic rings. The predicted molar refractivity (Wildman–Crippen MR) is 71.9 cm³/mol. The van der Waals surface area contributed by atoms with Crippen molar-refractivity contribution >= 4 is 11.8 Å². The minimum absolute atomic E-state index is 0.225. The van der Waals surface area contributed by atoms with Gasteiger partial charge in [0.15, 0.2) is 0 Å². The molecule has 0 spiro atoms. The van der Waals surface area contributed by atoms with Crippen LogP contribution in [0.25, 0.3) is 0 Å². The molecule has 0 saturated carbocycles. The van der Waals surface area contributed by atoms with Crippen LogP contribution in [0.5, 0.6) is 0 Å². The van der Waals surface area contributed by atoms with Gasteiger partial charge < -0.3 is 10.4 Å². The van der Waals surface area contributed by atoms with Gasteiger partial charge >= 0.3 is 0 Å². The zero-order valence-corrected chi connectivity index (χ0v) is 11.1. The Labute approximate surface area is 102 Å². The first-order valence-corrected chi connectivity index (χ1v) is 6.89. The van der Waals surface area contributed by atoms with E-state index in [1.807, 2.05) is 6.26 Å². The Kier molecular flexibility index (Phi) is 5.88. The molecule has 0 aromatic heterocycles. The van der Waals surface area contributed by atoms with Crippen LogP contribution < -0.4 is 5.32 Å². The molecule has 2 atom stereocenters. The number of rotatable bonds is 6. The number of hydrogen-bond donors (Lipinski definition) is 2. The molecule has 0 bridgehead atoms. The minimum atomic E-state index is 0.225. The van der Waals surface area contributed by atoms with Crippen molar-refractivity contribution in [1.82, 2.24) is 5.32 Å². The molecule has 0 aliphatic carbocycles. The number of aliphatic hydroxyl groups excluding tert-OH is 1. The quantitative estimate of drug-likeness (QED) is 0.798. The molecule has 90 valence electrons. The van der Waals surface area contributed by atoms with E-state index < -0.39 is 0 Å². The molecule has 3 heteroatoms. The first kappa shape index (κ1) is 13.6. The van der Waals surface area contributed by atoms with Gasteiger partial charge in [0.2, 0.25) is 0 Å². The number of hydrogen-bond acceptors (Lipinski definition) is 3. The Bertz CT molecular complexity index is 313. The first-order valence-electron chi connectivity index (χ1n) is 5.60. The van der Waals surface area contributed by atoms with Gasteiger partial charge in [0.25, 0.3) is 0 Å². The smallest absolute Gasteiger partial charge is 0.0564 e. The zero-order valence-electron chi connectivity index (χ0n) is 10.2. The molecule has 2 nitrogen and oxygen atoms in total. The summed E-state index contributed by atoms with van der Waals surface area (Å²) in [4.78, 5) is 0. The lowest BCUT2D eigenvalue weighted by Gasteiger charge is -2.21. The van der Waals surface area contributed by atoms with Crippen molar-refractivity contribution in [3.63, 3.8) is 0 Å². The highest BCUT2D eigenvalue weighted by Gasteiger charge is 2.14. The van der Waals surface area contributed by atoms with Crippen molar-refractivity contribution in [2.45, 2.75) is 31.7 Å². The standard InChI is InChI=1S/C13H21NOS/c1-10-6-4-5-7-12(10)8-14-11(2)13(9-15)16-3/h4-7,11,13-15H,8-9H2,1-3H3. The third-order valence-electron chi connectivity index (χ3n) is 2.92. The second kappa shape index (κ2) is 6.94. The average Bonchev–Trinajstić information content (AvgIpc) is 2.29. The minimum Gasteiger partial charge on any atom is -0.395 e. The molecule has 0 radical (unpaired) electrons. The van der Waals surface area contributed by atoms with Crippen molar-refractivity contribution in [2.24, 2.45) is 0 Å². The van der Waals surface area contributed by atoms with Gasteiger partial charge in [-0.3, -0.25) is 0 Å². The summed E-state index contributed by atoms with van der Waals surface area (Å²) in [6, 6.07) is 8.70. The molecule has 0 amide bonds. The highest BCUT2D eigenvalue weighted by molar-refractivity contribution is 7.99. The van der Waals surface area contributed by atoms with Gasteiger partial charge in [-0.15, -0.1) is 0 Å². The van der Waals surface area contributed by atoms with Gasteiger partial charge in [-0.05, 0) is 31.2 Å². The number of benzene rings is 1. The summed E-state index contributed by atoms with van der Waals surface area (Å²) in [6.07, 6.45) is 2.03. The van der Waals surface area contributed by atoms with Gasteiger partial charge in [0, 0.05) is 17.8 Å². The van der Waals surface area contributed by atoms with Crippen molar-refractivity contribution in [1.29, 1.82) is 0 Å². The van der Waals surface area contributed by atoms with E-state index in [0.717, 1.165) is 6.54 Å². The summed E-state index contributed by atoms with van der Waals surface area (Å²) in [5, 5.41) is 12.9. The van der Waals surface area contributed by atoms with Crippen LogP contribution in [0.15, 0.2) is 24.3 Å². The Hall–Kier alpha value is -0.510. The average molecular weight is 239 g/mol. The van der Waals surface area contributed by atoms with Crippen molar-refractivity contribution in [2.75, 3.05) is 12.9 Å². The van der Waals surface area contributed by atoms with Crippen LogP contribution in [-0.2, 0) is 6.54 Å². The van der Waals surface area contributed by atoms with Gasteiger partial charge in [-0.2, -0.15) is 11.8 Å². The Morgan fingerprint density at radius 1 is 1.38 bits per heavy atom. The lowest BCUT2D eigenvalue weighted by atomic mass is 10.1. The number of aliphatic hydroxyl groups is 1. The highest BCUT2D eigenvalue weighted by atomic mass is 32.2. The predicted octanol–water partition coefficient (Wildman–Crippen LogP) is 2.20.